The van der Waals surface area contributed by atoms with Crippen LogP contribution < -0.4 is 0 Å². The van der Waals surface area contributed by atoms with Gasteiger partial charge in [0.1, 0.15) is 0 Å². The molecule has 28 heavy (non-hydrogen) atoms. The number of piperidine rings is 1. The van der Waals surface area contributed by atoms with E-state index in [1.807, 2.05) is 72.6 Å². The van der Waals surface area contributed by atoms with Gasteiger partial charge in [0.05, 0.1) is 0 Å². The Balaban J connectivity index is 1.40. The molecule has 0 spiro atoms. The SMILES string of the molecule is CN(CCCC[C@H]1CCCN(C(=O)c2ccccc2)C1)C(=O)c1ccccc1. The quantitative estimate of drug-likeness (QED) is 0.667. The number of likely N-dealkylation sites (tertiary alicyclic amines) is 1. The van der Waals surface area contributed by atoms with E-state index < -0.39 is 0 Å². The van der Waals surface area contributed by atoms with Crippen LogP contribution in [0.4, 0.5) is 0 Å². The van der Waals surface area contributed by atoms with Crippen LogP contribution in [-0.4, -0.2) is 48.3 Å². The molecular formula is C24H30N2O2. The van der Waals surface area contributed by atoms with Crippen molar-refractivity contribution in [3.05, 3.63) is 71.8 Å². The van der Waals surface area contributed by atoms with Gasteiger partial charge in [0, 0.05) is 37.8 Å². The Kier molecular flexibility index (Phi) is 7.24. The molecule has 1 aliphatic rings. The number of hydrogen-bond acceptors (Lipinski definition) is 2. The molecule has 0 bridgehead atoms. The first-order valence-electron chi connectivity index (χ1n) is 10.3. The van der Waals surface area contributed by atoms with E-state index in [2.05, 4.69) is 0 Å². The number of carbonyl (C=O) groups is 2. The van der Waals surface area contributed by atoms with Crippen LogP contribution in [0.15, 0.2) is 60.7 Å². The average molecular weight is 379 g/mol. The van der Waals surface area contributed by atoms with Crippen molar-refractivity contribution in [1.29, 1.82) is 0 Å². The minimum atomic E-state index is 0.0814. The topological polar surface area (TPSA) is 40.6 Å². The third-order valence-electron chi connectivity index (χ3n) is 5.55. The van der Waals surface area contributed by atoms with Crippen molar-refractivity contribution in [2.24, 2.45) is 5.92 Å². The van der Waals surface area contributed by atoms with Crippen LogP contribution in [-0.2, 0) is 0 Å². The monoisotopic (exact) mass is 378 g/mol. The maximum Gasteiger partial charge on any atom is 0.253 e. The van der Waals surface area contributed by atoms with Gasteiger partial charge >= 0.3 is 0 Å². The molecule has 1 aliphatic heterocycles. The van der Waals surface area contributed by atoms with Crippen LogP contribution >= 0.6 is 0 Å². The van der Waals surface area contributed by atoms with Crippen molar-refractivity contribution in [2.75, 3.05) is 26.7 Å². The van der Waals surface area contributed by atoms with Crippen LogP contribution in [0.1, 0.15) is 52.8 Å². The number of carbonyl (C=O) groups excluding carboxylic acids is 2. The summed E-state index contributed by atoms with van der Waals surface area (Å²) in [6.45, 7) is 2.48. The minimum Gasteiger partial charge on any atom is -0.342 e. The first-order valence-corrected chi connectivity index (χ1v) is 10.3. The Bertz CT molecular complexity index is 761. The van der Waals surface area contributed by atoms with E-state index in [0.29, 0.717) is 5.92 Å². The summed E-state index contributed by atoms with van der Waals surface area (Å²) in [5, 5.41) is 0. The first kappa shape index (κ1) is 20.1. The lowest BCUT2D eigenvalue weighted by Crippen LogP contribution is -2.40. The van der Waals surface area contributed by atoms with E-state index in [-0.39, 0.29) is 11.8 Å². The molecule has 2 amide bonds. The number of benzene rings is 2. The Morgan fingerprint density at radius 1 is 0.964 bits per heavy atom. The number of hydrogen-bond donors (Lipinski definition) is 0. The second kappa shape index (κ2) is 10.1. The average Bonchev–Trinajstić information content (AvgIpc) is 2.77. The number of nitrogens with zero attached hydrogens (tertiary/aromatic N) is 2. The van der Waals surface area contributed by atoms with Crippen LogP contribution in [0, 0.1) is 5.92 Å². The van der Waals surface area contributed by atoms with Crippen molar-refractivity contribution in [1.82, 2.24) is 9.80 Å². The van der Waals surface area contributed by atoms with E-state index in [4.69, 9.17) is 0 Å². The Hall–Kier alpha value is -2.62. The van der Waals surface area contributed by atoms with Crippen LogP contribution in [0.25, 0.3) is 0 Å². The fraction of sp³-hybridized carbons (Fsp3) is 0.417. The van der Waals surface area contributed by atoms with Gasteiger partial charge in [-0.25, -0.2) is 0 Å². The summed E-state index contributed by atoms with van der Waals surface area (Å²) in [6, 6.07) is 19.0. The van der Waals surface area contributed by atoms with Gasteiger partial charge in [0.15, 0.2) is 0 Å². The van der Waals surface area contributed by atoms with Crippen LogP contribution in [0.5, 0.6) is 0 Å². The van der Waals surface area contributed by atoms with Gasteiger partial charge in [-0.3, -0.25) is 9.59 Å². The molecule has 0 aromatic heterocycles. The van der Waals surface area contributed by atoms with Gasteiger partial charge in [-0.05, 0) is 55.9 Å². The lowest BCUT2D eigenvalue weighted by molar-refractivity contribution is 0.0663. The standard InChI is InChI=1S/C24H30N2O2/c1-25(23(27)21-13-4-2-5-14-21)17-9-8-11-20-12-10-18-26(19-20)24(28)22-15-6-3-7-16-22/h2-7,13-16,20H,8-12,17-19H2,1H3/t20-/m0/s1. The van der Waals surface area contributed by atoms with E-state index in [1.54, 1.807) is 4.90 Å². The molecule has 4 nitrogen and oxygen atoms in total. The fourth-order valence-corrected chi connectivity index (χ4v) is 3.93. The minimum absolute atomic E-state index is 0.0814. The molecule has 0 saturated carbocycles. The molecule has 1 atom stereocenters. The molecule has 1 fully saturated rings. The molecule has 0 N–H and O–H groups in total. The predicted molar refractivity (Wildman–Crippen MR) is 112 cm³/mol. The predicted octanol–water partition coefficient (Wildman–Crippen LogP) is 4.48. The lowest BCUT2D eigenvalue weighted by atomic mass is 9.92. The number of unbranched alkanes of at least 4 members (excludes halogenated alkanes) is 1. The summed E-state index contributed by atoms with van der Waals surface area (Å²) >= 11 is 0. The normalized spacial score (nSPS) is 16.6. The largest absolute Gasteiger partial charge is 0.342 e. The lowest BCUT2D eigenvalue weighted by Gasteiger charge is -2.33. The van der Waals surface area contributed by atoms with Crippen molar-refractivity contribution < 1.29 is 9.59 Å². The summed E-state index contributed by atoms with van der Waals surface area (Å²) in [5.41, 5.74) is 1.52. The van der Waals surface area contributed by atoms with Crippen LogP contribution in [0.3, 0.4) is 0 Å². The molecular weight excluding hydrogens is 348 g/mol. The molecule has 2 aromatic rings. The van der Waals surface area contributed by atoms with Crippen LogP contribution in [0.2, 0.25) is 0 Å². The summed E-state index contributed by atoms with van der Waals surface area (Å²) in [4.78, 5) is 28.8. The highest BCUT2D eigenvalue weighted by atomic mass is 16.2. The molecule has 0 unspecified atom stereocenters. The highest BCUT2D eigenvalue weighted by Gasteiger charge is 2.24. The summed E-state index contributed by atoms with van der Waals surface area (Å²) in [5.74, 6) is 0.799. The summed E-state index contributed by atoms with van der Waals surface area (Å²) in [7, 11) is 1.87. The molecule has 2 aromatic carbocycles. The Morgan fingerprint density at radius 3 is 2.29 bits per heavy atom. The van der Waals surface area contributed by atoms with E-state index >= 15 is 0 Å². The van der Waals surface area contributed by atoms with Gasteiger partial charge < -0.3 is 9.80 Å². The maximum atomic E-state index is 12.7. The van der Waals surface area contributed by atoms with Crippen molar-refractivity contribution in [3.8, 4) is 0 Å². The molecule has 0 radical (unpaired) electrons. The Labute approximate surface area is 168 Å². The van der Waals surface area contributed by atoms with Gasteiger partial charge in [0.2, 0.25) is 0 Å². The highest BCUT2D eigenvalue weighted by Crippen LogP contribution is 2.23. The molecule has 0 aliphatic carbocycles. The number of rotatable bonds is 7. The van der Waals surface area contributed by atoms with Crippen molar-refractivity contribution in [3.63, 3.8) is 0 Å². The zero-order valence-electron chi connectivity index (χ0n) is 16.7. The fourth-order valence-electron chi connectivity index (χ4n) is 3.93. The molecule has 1 saturated heterocycles. The smallest absolute Gasteiger partial charge is 0.253 e. The van der Waals surface area contributed by atoms with E-state index in [0.717, 1.165) is 56.4 Å². The maximum absolute atomic E-state index is 12.7. The second-order valence-electron chi connectivity index (χ2n) is 7.71. The zero-order valence-corrected chi connectivity index (χ0v) is 16.7. The molecule has 3 rings (SSSR count). The summed E-state index contributed by atoms with van der Waals surface area (Å²) in [6.07, 6.45) is 5.47. The van der Waals surface area contributed by atoms with E-state index in [9.17, 15) is 9.59 Å². The third-order valence-corrected chi connectivity index (χ3v) is 5.55. The van der Waals surface area contributed by atoms with E-state index in [1.165, 1.54) is 6.42 Å². The zero-order chi connectivity index (χ0) is 19.8. The summed E-state index contributed by atoms with van der Waals surface area (Å²) < 4.78 is 0. The second-order valence-corrected chi connectivity index (χ2v) is 7.71. The molecule has 1 heterocycles. The Morgan fingerprint density at radius 2 is 1.61 bits per heavy atom. The molecule has 4 heteroatoms. The van der Waals surface area contributed by atoms with Gasteiger partial charge in [0.25, 0.3) is 11.8 Å². The van der Waals surface area contributed by atoms with Gasteiger partial charge in [-0.2, -0.15) is 0 Å². The van der Waals surface area contributed by atoms with Crippen molar-refractivity contribution >= 4 is 11.8 Å². The number of amides is 2. The van der Waals surface area contributed by atoms with Crippen molar-refractivity contribution in [2.45, 2.75) is 32.1 Å². The van der Waals surface area contributed by atoms with Gasteiger partial charge in [-0.1, -0.05) is 42.8 Å². The first-order chi connectivity index (χ1) is 13.6. The highest BCUT2D eigenvalue weighted by molar-refractivity contribution is 5.94. The van der Waals surface area contributed by atoms with Gasteiger partial charge in [-0.15, -0.1) is 0 Å². The molecule has 148 valence electrons. The third kappa shape index (κ3) is 5.44.